The minimum absolute atomic E-state index is 0.521. The molecular formula is C13H18ClN3. The first kappa shape index (κ1) is 14.0. The number of hydrogen-bond acceptors (Lipinski definition) is 3. The molecule has 0 aliphatic carbocycles. The summed E-state index contributed by atoms with van der Waals surface area (Å²) in [6, 6.07) is 6.03. The molecule has 3 nitrogen and oxygen atoms in total. The first-order valence-corrected chi connectivity index (χ1v) is 6.19. The Morgan fingerprint density at radius 3 is 2.88 bits per heavy atom. The second-order valence-corrected chi connectivity index (χ2v) is 4.91. The number of hydrogen-bond donors (Lipinski definition) is 0. The molecule has 1 heterocycles. The maximum atomic E-state index is 8.65. The van der Waals surface area contributed by atoms with Crippen molar-refractivity contribution < 1.29 is 0 Å². The predicted molar refractivity (Wildman–Crippen MR) is 69.6 cm³/mol. The summed E-state index contributed by atoms with van der Waals surface area (Å²) in [5.74, 6) is 0.589. The van der Waals surface area contributed by atoms with Gasteiger partial charge in [-0.25, -0.2) is 4.98 Å². The fraction of sp³-hybridized carbons (Fsp3) is 0.538. The molecule has 0 saturated carbocycles. The number of halogens is 1. The van der Waals surface area contributed by atoms with Gasteiger partial charge in [0.05, 0.1) is 6.07 Å². The second kappa shape index (κ2) is 7.26. The first-order valence-electron chi connectivity index (χ1n) is 5.81. The van der Waals surface area contributed by atoms with Gasteiger partial charge in [0.15, 0.2) is 0 Å². The quantitative estimate of drug-likeness (QED) is 0.730. The van der Waals surface area contributed by atoms with Crippen LogP contribution in [0.4, 0.5) is 0 Å². The number of nitriles is 1. The highest BCUT2D eigenvalue weighted by molar-refractivity contribution is 6.29. The maximum absolute atomic E-state index is 8.65. The summed E-state index contributed by atoms with van der Waals surface area (Å²) in [5.41, 5.74) is 1.14. The van der Waals surface area contributed by atoms with Gasteiger partial charge in [-0.15, -0.1) is 0 Å². The van der Waals surface area contributed by atoms with Crippen LogP contribution in [0.5, 0.6) is 0 Å². The second-order valence-electron chi connectivity index (χ2n) is 4.52. The molecule has 1 rings (SSSR count). The third kappa shape index (κ3) is 5.67. The molecule has 0 aliphatic rings. The average Bonchev–Trinajstić information content (AvgIpc) is 2.25. The molecule has 1 aromatic heterocycles. The van der Waals surface area contributed by atoms with Crippen LogP contribution in [0, 0.1) is 17.2 Å². The van der Waals surface area contributed by atoms with Gasteiger partial charge in [-0.05, 0) is 23.6 Å². The molecule has 0 aliphatic heterocycles. The van der Waals surface area contributed by atoms with E-state index in [9.17, 15) is 0 Å². The standard InChI is InChI=1S/C13H18ClN3/c1-11(2)9-17(7-3-5-15)10-12-4-6-16-13(14)8-12/h4,6,8,11H,3,7,9-10H2,1-2H3. The van der Waals surface area contributed by atoms with E-state index in [4.69, 9.17) is 16.9 Å². The zero-order valence-electron chi connectivity index (χ0n) is 10.4. The van der Waals surface area contributed by atoms with Crippen molar-refractivity contribution in [3.05, 3.63) is 29.0 Å². The Balaban J connectivity index is 2.61. The van der Waals surface area contributed by atoms with E-state index in [1.807, 2.05) is 12.1 Å². The molecule has 0 radical (unpaired) electrons. The predicted octanol–water partition coefficient (Wildman–Crippen LogP) is 3.11. The number of rotatable bonds is 6. The van der Waals surface area contributed by atoms with E-state index in [2.05, 4.69) is 29.8 Å². The van der Waals surface area contributed by atoms with Crippen LogP contribution in [0.2, 0.25) is 5.15 Å². The molecule has 4 heteroatoms. The summed E-state index contributed by atoms with van der Waals surface area (Å²) in [4.78, 5) is 6.24. The van der Waals surface area contributed by atoms with E-state index in [1.54, 1.807) is 6.20 Å². The lowest BCUT2D eigenvalue weighted by Crippen LogP contribution is -2.28. The molecule has 92 valence electrons. The van der Waals surface area contributed by atoms with E-state index >= 15 is 0 Å². The minimum Gasteiger partial charge on any atom is -0.298 e. The van der Waals surface area contributed by atoms with Crippen LogP contribution in [0.15, 0.2) is 18.3 Å². The molecule has 0 atom stereocenters. The molecule has 0 bridgehead atoms. The van der Waals surface area contributed by atoms with Crippen molar-refractivity contribution in [1.82, 2.24) is 9.88 Å². The van der Waals surface area contributed by atoms with Gasteiger partial charge in [0.1, 0.15) is 5.15 Å². The van der Waals surface area contributed by atoms with E-state index in [1.165, 1.54) is 0 Å². The topological polar surface area (TPSA) is 39.9 Å². The van der Waals surface area contributed by atoms with E-state index in [0.29, 0.717) is 17.5 Å². The zero-order valence-corrected chi connectivity index (χ0v) is 11.1. The SMILES string of the molecule is CC(C)CN(CCC#N)Cc1ccnc(Cl)c1. The molecular weight excluding hydrogens is 234 g/mol. The normalized spacial score (nSPS) is 10.8. The molecule has 0 unspecified atom stereocenters. The fourth-order valence-corrected chi connectivity index (χ4v) is 1.96. The van der Waals surface area contributed by atoms with Crippen LogP contribution in [0.3, 0.4) is 0 Å². The van der Waals surface area contributed by atoms with Crippen molar-refractivity contribution in [2.45, 2.75) is 26.8 Å². The Kier molecular flexibility index (Phi) is 5.96. The van der Waals surface area contributed by atoms with Crippen LogP contribution < -0.4 is 0 Å². The van der Waals surface area contributed by atoms with Crippen molar-refractivity contribution in [1.29, 1.82) is 5.26 Å². The van der Waals surface area contributed by atoms with Crippen LogP contribution in [-0.4, -0.2) is 23.0 Å². The third-order valence-electron chi connectivity index (χ3n) is 2.36. The van der Waals surface area contributed by atoms with E-state index in [0.717, 1.165) is 25.2 Å². The van der Waals surface area contributed by atoms with Crippen molar-refractivity contribution in [3.63, 3.8) is 0 Å². The Hall–Kier alpha value is -1.11. The highest BCUT2D eigenvalue weighted by Crippen LogP contribution is 2.11. The Bertz CT molecular complexity index is 384. The molecule has 0 spiro atoms. The van der Waals surface area contributed by atoms with Gasteiger partial charge in [0.25, 0.3) is 0 Å². The smallest absolute Gasteiger partial charge is 0.129 e. The third-order valence-corrected chi connectivity index (χ3v) is 2.57. The molecule has 0 saturated heterocycles. The van der Waals surface area contributed by atoms with Gasteiger partial charge < -0.3 is 0 Å². The van der Waals surface area contributed by atoms with Crippen LogP contribution in [0.25, 0.3) is 0 Å². The summed E-state index contributed by atoms with van der Waals surface area (Å²) in [5, 5.41) is 9.17. The molecule has 17 heavy (non-hydrogen) atoms. The van der Waals surface area contributed by atoms with Gasteiger partial charge in [0.2, 0.25) is 0 Å². The average molecular weight is 252 g/mol. The van der Waals surface area contributed by atoms with Crippen LogP contribution in [-0.2, 0) is 6.54 Å². The molecule has 0 N–H and O–H groups in total. The zero-order chi connectivity index (χ0) is 12.7. The molecule has 1 aromatic rings. The largest absolute Gasteiger partial charge is 0.298 e. The highest BCUT2D eigenvalue weighted by Gasteiger charge is 2.08. The number of pyridine rings is 1. The van der Waals surface area contributed by atoms with Gasteiger partial charge in [-0.3, -0.25) is 4.90 Å². The lowest BCUT2D eigenvalue weighted by atomic mass is 10.1. The van der Waals surface area contributed by atoms with Gasteiger partial charge in [0, 0.05) is 32.3 Å². The number of nitrogens with zero attached hydrogens (tertiary/aromatic N) is 3. The summed E-state index contributed by atoms with van der Waals surface area (Å²) < 4.78 is 0. The Morgan fingerprint density at radius 2 is 2.29 bits per heavy atom. The first-order chi connectivity index (χ1) is 8.11. The molecule has 0 aromatic carbocycles. The summed E-state index contributed by atoms with van der Waals surface area (Å²) in [6.45, 7) is 6.97. The summed E-state index contributed by atoms with van der Waals surface area (Å²) in [7, 11) is 0. The lowest BCUT2D eigenvalue weighted by molar-refractivity contribution is 0.241. The number of aromatic nitrogens is 1. The van der Waals surface area contributed by atoms with Crippen LogP contribution >= 0.6 is 11.6 Å². The van der Waals surface area contributed by atoms with Gasteiger partial charge >= 0.3 is 0 Å². The van der Waals surface area contributed by atoms with Gasteiger partial charge in [-0.1, -0.05) is 25.4 Å². The molecule has 0 amide bonds. The van der Waals surface area contributed by atoms with Crippen molar-refractivity contribution in [3.8, 4) is 6.07 Å². The van der Waals surface area contributed by atoms with Gasteiger partial charge in [-0.2, -0.15) is 5.26 Å². The van der Waals surface area contributed by atoms with Crippen LogP contribution in [0.1, 0.15) is 25.8 Å². The van der Waals surface area contributed by atoms with Crippen molar-refractivity contribution >= 4 is 11.6 Å². The summed E-state index contributed by atoms with van der Waals surface area (Å²) >= 11 is 5.86. The lowest BCUT2D eigenvalue weighted by Gasteiger charge is -2.23. The Morgan fingerprint density at radius 1 is 1.53 bits per heavy atom. The summed E-state index contributed by atoms with van der Waals surface area (Å²) in [6.07, 6.45) is 2.28. The van der Waals surface area contributed by atoms with Crippen molar-refractivity contribution in [2.24, 2.45) is 5.92 Å². The molecule has 0 fully saturated rings. The van der Waals surface area contributed by atoms with Crippen molar-refractivity contribution in [2.75, 3.05) is 13.1 Å². The highest BCUT2D eigenvalue weighted by atomic mass is 35.5. The van der Waals surface area contributed by atoms with E-state index < -0.39 is 0 Å². The fourth-order valence-electron chi connectivity index (χ4n) is 1.76. The minimum atomic E-state index is 0.521. The monoisotopic (exact) mass is 251 g/mol. The van der Waals surface area contributed by atoms with E-state index in [-0.39, 0.29) is 0 Å². The Labute approximate surface area is 108 Å². The maximum Gasteiger partial charge on any atom is 0.129 e.